The summed E-state index contributed by atoms with van der Waals surface area (Å²) in [6.45, 7) is 2.70. The fraction of sp³-hybridized carbons (Fsp3) is 0.174. The summed E-state index contributed by atoms with van der Waals surface area (Å²) in [6, 6.07) is 19.6. The van der Waals surface area contributed by atoms with Crippen molar-refractivity contribution in [2.24, 2.45) is 0 Å². The fourth-order valence-corrected chi connectivity index (χ4v) is 4.06. The van der Waals surface area contributed by atoms with E-state index in [4.69, 9.17) is 11.6 Å². The molecule has 1 amide bonds. The fourth-order valence-electron chi connectivity index (χ4n) is 3.83. The zero-order chi connectivity index (χ0) is 20.5. The van der Waals surface area contributed by atoms with E-state index in [1.165, 1.54) is 0 Å². The summed E-state index contributed by atoms with van der Waals surface area (Å²) in [4.78, 5) is 29.0. The van der Waals surface area contributed by atoms with Gasteiger partial charge < -0.3 is 14.8 Å². The standard InChI is InChI=1S/C23H20ClN5O/c24-18-8-4-7-17-13-20(27-22(17)18)23(30)29-11-9-28(10-12-29)21-14-19(25-15-26-21)16-5-2-1-3-6-16/h1-8,13-15,27H,9-12H2. The van der Waals surface area contributed by atoms with Gasteiger partial charge >= 0.3 is 0 Å². The van der Waals surface area contributed by atoms with Gasteiger partial charge in [0.25, 0.3) is 5.91 Å². The Morgan fingerprint density at radius 2 is 1.73 bits per heavy atom. The highest BCUT2D eigenvalue weighted by molar-refractivity contribution is 6.35. The molecule has 0 saturated carbocycles. The van der Waals surface area contributed by atoms with Crippen LogP contribution in [0.1, 0.15) is 10.5 Å². The van der Waals surface area contributed by atoms with Crippen LogP contribution in [-0.2, 0) is 0 Å². The maximum absolute atomic E-state index is 13.0. The lowest BCUT2D eigenvalue weighted by molar-refractivity contribution is 0.0741. The van der Waals surface area contributed by atoms with Crippen molar-refractivity contribution in [3.63, 3.8) is 0 Å². The maximum atomic E-state index is 13.0. The van der Waals surface area contributed by atoms with Crippen LogP contribution in [0.5, 0.6) is 0 Å². The Balaban J connectivity index is 1.29. The second-order valence-corrected chi connectivity index (χ2v) is 7.70. The summed E-state index contributed by atoms with van der Waals surface area (Å²) in [5, 5.41) is 1.56. The lowest BCUT2D eigenvalue weighted by Crippen LogP contribution is -2.49. The predicted octanol–water partition coefficient (Wildman–Crippen LogP) is 4.24. The van der Waals surface area contributed by atoms with Gasteiger partial charge in [0.1, 0.15) is 17.8 Å². The number of nitrogens with zero attached hydrogens (tertiary/aromatic N) is 4. The van der Waals surface area contributed by atoms with Crippen LogP contribution >= 0.6 is 11.6 Å². The molecule has 0 radical (unpaired) electrons. The topological polar surface area (TPSA) is 65.1 Å². The number of rotatable bonds is 3. The molecule has 150 valence electrons. The molecule has 2 aromatic heterocycles. The van der Waals surface area contributed by atoms with Gasteiger partial charge in [-0.15, -0.1) is 0 Å². The summed E-state index contributed by atoms with van der Waals surface area (Å²) in [5.74, 6) is 0.878. The van der Waals surface area contributed by atoms with E-state index >= 15 is 0 Å². The average molecular weight is 418 g/mol. The molecule has 6 nitrogen and oxygen atoms in total. The van der Waals surface area contributed by atoms with Crippen molar-refractivity contribution in [2.45, 2.75) is 0 Å². The van der Waals surface area contributed by atoms with Gasteiger partial charge in [0, 0.05) is 43.2 Å². The number of amides is 1. The zero-order valence-electron chi connectivity index (χ0n) is 16.3. The highest BCUT2D eigenvalue weighted by Gasteiger charge is 2.24. The number of nitrogens with one attached hydrogen (secondary N) is 1. The SMILES string of the molecule is O=C(c1cc2cccc(Cl)c2[nH]1)N1CCN(c2cc(-c3ccccc3)ncn2)CC1. The molecule has 7 heteroatoms. The number of carbonyl (C=O) groups is 1. The van der Waals surface area contributed by atoms with Crippen molar-refractivity contribution >= 4 is 34.2 Å². The average Bonchev–Trinajstić information content (AvgIpc) is 3.25. The third-order valence-electron chi connectivity index (χ3n) is 5.45. The van der Waals surface area contributed by atoms with Crippen LogP contribution in [0.3, 0.4) is 0 Å². The molecule has 4 aromatic rings. The van der Waals surface area contributed by atoms with E-state index in [0.717, 1.165) is 41.1 Å². The number of aromatic nitrogens is 3. The normalized spacial score (nSPS) is 14.3. The van der Waals surface area contributed by atoms with E-state index in [2.05, 4.69) is 19.9 Å². The number of hydrogen-bond donors (Lipinski definition) is 1. The smallest absolute Gasteiger partial charge is 0.270 e. The van der Waals surface area contributed by atoms with Gasteiger partial charge in [-0.25, -0.2) is 9.97 Å². The van der Waals surface area contributed by atoms with Crippen molar-refractivity contribution in [3.8, 4) is 11.3 Å². The molecule has 30 heavy (non-hydrogen) atoms. The molecule has 1 aliphatic heterocycles. The third kappa shape index (κ3) is 3.50. The van der Waals surface area contributed by atoms with Gasteiger partial charge in [-0.1, -0.05) is 54.1 Å². The van der Waals surface area contributed by atoms with E-state index in [0.29, 0.717) is 23.8 Å². The number of fused-ring (bicyclic) bond motifs is 1. The summed E-state index contributed by atoms with van der Waals surface area (Å²) < 4.78 is 0. The molecule has 0 bridgehead atoms. The quantitative estimate of drug-likeness (QED) is 0.541. The molecule has 0 unspecified atom stereocenters. The van der Waals surface area contributed by atoms with E-state index < -0.39 is 0 Å². The van der Waals surface area contributed by atoms with E-state index in [9.17, 15) is 4.79 Å². The monoisotopic (exact) mass is 417 g/mol. The first-order valence-corrected chi connectivity index (χ1v) is 10.3. The van der Waals surface area contributed by atoms with Crippen molar-refractivity contribution in [3.05, 3.63) is 77.7 Å². The molecule has 2 aromatic carbocycles. The number of para-hydroxylation sites is 1. The number of H-pyrrole nitrogens is 1. The van der Waals surface area contributed by atoms with Gasteiger partial charge in [0.2, 0.25) is 0 Å². The summed E-state index contributed by atoms with van der Waals surface area (Å²) in [7, 11) is 0. The molecule has 1 N–H and O–H groups in total. The predicted molar refractivity (Wildman–Crippen MR) is 119 cm³/mol. The van der Waals surface area contributed by atoms with E-state index in [1.807, 2.05) is 65.6 Å². The molecular formula is C23H20ClN5O. The van der Waals surface area contributed by atoms with Crippen LogP contribution in [0, 0.1) is 0 Å². The Hall–Kier alpha value is -3.38. The number of anilines is 1. The van der Waals surface area contributed by atoms with Crippen molar-refractivity contribution in [1.29, 1.82) is 0 Å². The first-order chi connectivity index (χ1) is 14.7. The Kier molecular flexibility index (Phi) is 4.85. The van der Waals surface area contributed by atoms with Crippen LogP contribution in [0.25, 0.3) is 22.2 Å². The third-order valence-corrected chi connectivity index (χ3v) is 5.76. The maximum Gasteiger partial charge on any atom is 0.270 e. The van der Waals surface area contributed by atoms with Crippen LogP contribution in [-0.4, -0.2) is 51.9 Å². The van der Waals surface area contributed by atoms with Crippen molar-refractivity contribution in [1.82, 2.24) is 19.9 Å². The van der Waals surface area contributed by atoms with Gasteiger partial charge in [-0.2, -0.15) is 0 Å². The number of halogens is 1. The van der Waals surface area contributed by atoms with Crippen molar-refractivity contribution in [2.75, 3.05) is 31.1 Å². The number of carbonyl (C=O) groups excluding carboxylic acids is 1. The summed E-state index contributed by atoms with van der Waals surface area (Å²) in [6.07, 6.45) is 1.60. The van der Waals surface area contributed by atoms with Crippen LogP contribution < -0.4 is 4.90 Å². The number of aromatic amines is 1. The van der Waals surface area contributed by atoms with Gasteiger partial charge in [-0.05, 0) is 12.1 Å². The molecule has 0 spiro atoms. The Morgan fingerprint density at radius 3 is 2.50 bits per heavy atom. The zero-order valence-corrected chi connectivity index (χ0v) is 17.0. The molecule has 1 fully saturated rings. The van der Waals surface area contributed by atoms with E-state index in [1.54, 1.807) is 6.33 Å². The number of piperazine rings is 1. The second-order valence-electron chi connectivity index (χ2n) is 7.29. The van der Waals surface area contributed by atoms with Gasteiger partial charge in [0.05, 0.1) is 16.2 Å². The van der Waals surface area contributed by atoms with Crippen LogP contribution in [0.2, 0.25) is 5.02 Å². The minimum absolute atomic E-state index is 0.00502. The first kappa shape index (κ1) is 18.6. The molecule has 5 rings (SSSR count). The van der Waals surface area contributed by atoms with Crippen LogP contribution in [0.4, 0.5) is 5.82 Å². The minimum atomic E-state index is -0.00502. The first-order valence-electron chi connectivity index (χ1n) is 9.88. The number of benzene rings is 2. The lowest BCUT2D eigenvalue weighted by Gasteiger charge is -2.35. The second kappa shape index (κ2) is 7.80. The lowest BCUT2D eigenvalue weighted by atomic mass is 10.1. The molecular weight excluding hydrogens is 398 g/mol. The Labute approximate surface area is 179 Å². The summed E-state index contributed by atoms with van der Waals surface area (Å²) in [5.41, 5.74) is 3.33. The summed E-state index contributed by atoms with van der Waals surface area (Å²) >= 11 is 6.23. The Bertz CT molecular complexity index is 1200. The van der Waals surface area contributed by atoms with Gasteiger partial charge in [0.15, 0.2) is 0 Å². The number of hydrogen-bond acceptors (Lipinski definition) is 4. The van der Waals surface area contributed by atoms with E-state index in [-0.39, 0.29) is 5.91 Å². The molecule has 1 aliphatic rings. The molecule has 3 heterocycles. The largest absolute Gasteiger partial charge is 0.353 e. The van der Waals surface area contributed by atoms with Gasteiger partial charge in [-0.3, -0.25) is 4.79 Å². The molecule has 1 saturated heterocycles. The van der Waals surface area contributed by atoms with Crippen molar-refractivity contribution < 1.29 is 4.79 Å². The minimum Gasteiger partial charge on any atom is -0.353 e. The highest BCUT2D eigenvalue weighted by Crippen LogP contribution is 2.25. The molecule has 0 atom stereocenters. The highest BCUT2D eigenvalue weighted by atomic mass is 35.5. The Morgan fingerprint density at radius 1 is 0.933 bits per heavy atom. The molecule has 0 aliphatic carbocycles. The van der Waals surface area contributed by atoms with Crippen LogP contribution in [0.15, 0.2) is 67.0 Å².